The molecule has 0 saturated carbocycles. The molecular weight excluding hydrogens is 304 g/mol. The van der Waals surface area contributed by atoms with E-state index < -0.39 is 0 Å². The van der Waals surface area contributed by atoms with Crippen molar-refractivity contribution in [1.29, 1.82) is 0 Å². The highest BCUT2D eigenvalue weighted by atomic mass is 16.5. The summed E-state index contributed by atoms with van der Waals surface area (Å²) in [7, 11) is 5.19. The fourth-order valence-corrected chi connectivity index (χ4v) is 2.50. The van der Waals surface area contributed by atoms with Gasteiger partial charge in [-0.25, -0.2) is 4.98 Å². The van der Waals surface area contributed by atoms with Crippen molar-refractivity contribution in [3.05, 3.63) is 54.2 Å². The Balaban J connectivity index is 1.97. The smallest absolute Gasteiger partial charge is 0.318 e. The SMILES string of the molecule is COc1ncc(NC(=O)c2cccc3ccccc23)c(N(C)C)n1. The first-order chi connectivity index (χ1) is 11.6. The van der Waals surface area contributed by atoms with Crippen molar-refractivity contribution in [3.63, 3.8) is 0 Å². The number of fused-ring (bicyclic) bond motifs is 1. The van der Waals surface area contributed by atoms with Crippen LogP contribution in [0.3, 0.4) is 0 Å². The Bertz CT molecular complexity index is 888. The molecule has 0 aliphatic rings. The molecule has 0 aliphatic heterocycles. The summed E-state index contributed by atoms with van der Waals surface area (Å²) in [6.07, 6.45) is 1.55. The summed E-state index contributed by atoms with van der Waals surface area (Å²) in [4.78, 5) is 22.9. The van der Waals surface area contributed by atoms with Gasteiger partial charge in [0.1, 0.15) is 5.69 Å². The van der Waals surface area contributed by atoms with Crippen LogP contribution >= 0.6 is 0 Å². The van der Waals surface area contributed by atoms with Crippen LogP contribution in [0.15, 0.2) is 48.7 Å². The van der Waals surface area contributed by atoms with E-state index in [1.54, 1.807) is 17.2 Å². The average Bonchev–Trinajstić information content (AvgIpc) is 2.61. The number of aromatic nitrogens is 2. The van der Waals surface area contributed by atoms with Gasteiger partial charge in [0, 0.05) is 19.7 Å². The third-order valence-electron chi connectivity index (χ3n) is 3.64. The summed E-state index contributed by atoms with van der Waals surface area (Å²) in [6, 6.07) is 13.7. The second kappa shape index (κ2) is 6.54. The van der Waals surface area contributed by atoms with Crippen LogP contribution in [-0.2, 0) is 0 Å². The quantitative estimate of drug-likeness (QED) is 0.800. The molecule has 0 atom stereocenters. The summed E-state index contributed by atoms with van der Waals surface area (Å²) in [5.41, 5.74) is 1.13. The van der Waals surface area contributed by atoms with E-state index in [0.29, 0.717) is 17.1 Å². The van der Waals surface area contributed by atoms with Gasteiger partial charge in [0.2, 0.25) is 0 Å². The number of anilines is 2. The normalized spacial score (nSPS) is 10.5. The van der Waals surface area contributed by atoms with Crippen LogP contribution in [0.2, 0.25) is 0 Å². The van der Waals surface area contributed by atoms with Crippen LogP contribution < -0.4 is 15.0 Å². The first kappa shape index (κ1) is 15.7. The number of benzene rings is 2. The molecule has 0 bridgehead atoms. The van der Waals surface area contributed by atoms with Crippen LogP contribution in [0, 0.1) is 0 Å². The van der Waals surface area contributed by atoms with Gasteiger partial charge in [0.05, 0.1) is 13.3 Å². The van der Waals surface area contributed by atoms with Gasteiger partial charge in [-0.1, -0.05) is 36.4 Å². The Morgan fingerprint density at radius 2 is 1.88 bits per heavy atom. The second-order valence-electron chi connectivity index (χ2n) is 5.47. The zero-order valence-electron chi connectivity index (χ0n) is 13.8. The lowest BCUT2D eigenvalue weighted by Crippen LogP contribution is -2.18. The fraction of sp³-hybridized carbons (Fsp3) is 0.167. The van der Waals surface area contributed by atoms with Crippen molar-refractivity contribution < 1.29 is 9.53 Å². The number of hydrogen-bond donors (Lipinski definition) is 1. The van der Waals surface area contributed by atoms with Crippen molar-refractivity contribution in [1.82, 2.24) is 9.97 Å². The highest BCUT2D eigenvalue weighted by Gasteiger charge is 2.15. The average molecular weight is 322 g/mol. The Morgan fingerprint density at radius 1 is 1.12 bits per heavy atom. The van der Waals surface area contributed by atoms with Gasteiger partial charge in [-0.2, -0.15) is 4.98 Å². The standard InChI is InChI=1S/C18H18N4O2/c1-22(2)16-15(11-19-18(21-16)24-3)20-17(23)14-10-6-8-12-7-4-5-9-13(12)14/h4-11H,1-3H3,(H,20,23). The number of rotatable bonds is 4. The van der Waals surface area contributed by atoms with Gasteiger partial charge in [0.25, 0.3) is 5.91 Å². The predicted octanol–water partition coefficient (Wildman–Crippen LogP) is 2.96. The minimum Gasteiger partial charge on any atom is -0.467 e. The highest BCUT2D eigenvalue weighted by molar-refractivity contribution is 6.13. The molecule has 1 N–H and O–H groups in total. The molecule has 1 aromatic heterocycles. The molecule has 1 heterocycles. The third kappa shape index (κ3) is 2.99. The van der Waals surface area contributed by atoms with E-state index in [1.165, 1.54) is 7.11 Å². The molecule has 1 amide bonds. The third-order valence-corrected chi connectivity index (χ3v) is 3.64. The lowest BCUT2D eigenvalue weighted by atomic mass is 10.0. The number of hydrogen-bond acceptors (Lipinski definition) is 5. The summed E-state index contributed by atoms with van der Waals surface area (Å²) in [5.74, 6) is 0.374. The molecule has 0 unspecified atom stereocenters. The molecule has 0 spiro atoms. The van der Waals surface area contributed by atoms with Crippen LogP contribution in [-0.4, -0.2) is 37.1 Å². The molecular formula is C18H18N4O2. The van der Waals surface area contributed by atoms with E-state index in [1.807, 2.05) is 50.5 Å². The molecule has 2 aromatic carbocycles. The van der Waals surface area contributed by atoms with E-state index in [4.69, 9.17) is 4.74 Å². The molecule has 0 fully saturated rings. The van der Waals surface area contributed by atoms with Crippen LogP contribution in [0.4, 0.5) is 11.5 Å². The first-order valence-corrected chi connectivity index (χ1v) is 7.47. The van der Waals surface area contributed by atoms with Crippen molar-refractivity contribution in [2.75, 3.05) is 31.4 Å². The molecule has 6 nitrogen and oxygen atoms in total. The number of nitrogens with zero attached hydrogens (tertiary/aromatic N) is 3. The first-order valence-electron chi connectivity index (χ1n) is 7.47. The summed E-state index contributed by atoms with van der Waals surface area (Å²) in [6.45, 7) is 0. The summed E-state index contributed by atoms with van der Waals surface area (Å²) < 4.78 is 5.05. The fourth-order valence-electron chi connectivity index (χ4n) is 2.50. The topological polar surface area (TPSA) is 67.3 Å². The zero-order valence-corrected chi connectivity index (χ0v) is 13.8. The van der Waals surface area contributed by atoms with E-state index in [2.05, 4.69) is 15.3 Å². The van der Waals surface area contributed by atoms with Crippen molar-refractivity contribution in [2.45, 2.75) is 0 Å². The lowest BCUT2D eigenvalue weighted by molar-refractivity contribution is 0.102. The number of amides is 1. The molecule has 3 aromatic rings. The van der Waals surface area contributed by atoms with Gasteiger partial charge < -0.3 is 15.0 Å². The predicted molar refractivity (Wildman–Crippen MR) is 94.8 cm³/mol. The monoisotopic (exact) mass is 322 g/mol. The van der Waals surface area contributed by atoms with Crippen molar-refractivity contribution >= 4 is 28.2 Å². The highest BCUT2D eigenvalue weighted by Crippen LogP contribution is 2.25. The molecule has 0 radical (unpaired) electrons. The maximum atomic E-state index is 12.7. The number of nitrogens with one attached hydrogen (secondary N) is 1. The van der Waals surface area contributed by atoms with Gasteiger partial charge >= 0.3 is 6.01 Å². The van der Waals surface area contributed by atoms with Gasteiger partial charge in [-0.05, 0) is 16.8 Å². The van der Waals surface area contributed by atoms with Gasteiger partial charge in [-0.3, -0.25) is 4.79 Å². The zero-order chi connectivity index (χ0) is 17.1. The van der Waals surface area contributed by atoms with E-state index >= 15 is 0 Å². The van der Waals surface area contributed by atoms with E-state index in [9.17, 15) is 4.79 Å². The molecule has 122 valence electrons. The Kier molecular flexibility index (Phi) is 4.29. The minimum absolute atomic E-state index is 0.205. The van der Waals surface area contributed by atoms with E-state index in [-0.39, 0.29) is 11.9 Å². The van der Waals surface area contributed by atoms with Crippen molar-refractivity contribution in [2.24, 2.45) is 0 Å². The maximum absolute atomic E-state index is 12.7. The molecule has 3 rings (SSSR count). The molecule has 6 heteroatoms. The van der Waals surface area contributed by atoms with E-state index in [0.717, 1.165) is 10.8 Å². The number of methoxy groups -OCH3 is 1. The van der Waals surface area contributed by atoms with Crippen LogP contribution in [0.25, 0.3) is 10.8 Å². The number of carbonyl (C=O) groups is 1. The largest absolute Gasteiger partial charge is 0.467 e. The summed E-state index contributed by atoms with van der Waals surface area (Å²) in [5, 5.41) is 4.81. The second-order valence-corrected chi connectivity index (χ2v) is 5.47. The Hall–Kier alpha value is -3.15. The molecule has 0 saturated heterocycles. The maximum Gasteiger partial charge on any atom is 0.318 e. The van der Waals surface area contributed by atoms with Gasteiger partial charge in [-0.15, -0.1) is 0 Å². The Labute approximate surface area is 140 Å². The van der Waals surface area contributed by atoms with Crippen molar-refractivity contribution in [3.8, 4) is 6.01 Å². The number of carbonyl (C=O) groups excluding carboxylic acids is 1. The molecule has 24 heavy (non-hydrogen) atoms. The number of ether oxygens (including phenoxy) is 1. The minimum atomic E-state index is -0.205. The van der Waals surface area contributed by atoms with Crippen LogP contribution in [0.5, 0.6) is 6.01 Å². The lowest BCUT2D eigenvalue weighted by Gasteiger charge is -2.17. The Morgan fingerprint density at radius 3 is 2.62 bits per heavy atom. The van der Waals surface area contributed by atoms with Gasteiger partial charge in [0.15, 0.2) is 5.82 Å². The molecule has 0 aliphatic carbocycles. The van der Waals surface area contributed by atoms with Crippen LogP contribution in [0.1, 0.15) is 10.4 Å². The summed E-state index contributed by atoms with van der Waals surface area (Å²) >= 11 is 0.